The molecule has 4 rings (SSSR count). The molecule has 0 amide bonds. The molecule has 1 fully saturated rings. The molecule has 0 spiro atoms. The van der Waals surface area contributed by atoms with Crippen molar-refractivity contribution in [2.24, 2.45) is 0 Å². The van der Waals surface area contributed by atoms with Crippen LogP contribution in [-0.2, 0) is 9.84 Å². The number of ether oxygens (including phenoxy) is 2. The summed E-state index contributed by atoms with van der Waals surface area (Å²) in [6, 6.07) is 9.98. The average molecular weight is 590 g/mol. The van der Waals surface area contributed by atoms with Crippen molar-refractivity contribution in [2.45, 2.75) is 76.2 Å². The largest absolute Gasteiger partial charge is 0.489 e. The Hall–Kier alpha value is -3.51. The van der Waals surface area contributed by atoms with Crippen molar-refractivity contribution in [2.75, 3.05) is 24.1 Å². The van der Waals surface area contributed by atoms with E-state index in [1.165, 1.54) is 31.5 Å². The number of aromatic nitrogens is 2. The molecule has 2 aromatic carbocycles. The van der Waals surface area contributed by atoms with Crippen molar-refractivity contribution in [3.63, 3.8) is 0 Å². The van der Waals surface area contributed by atoms with Gasteiger partial charge in [-0.25, -0.2) is 13.4 Å². The molecule has 2 heterocycles. The van der Waals surface area contributed by atoms with Gasteiger partial charge in [0, 0.05) is 5.56 Å². The molecule has 4 N–H and O–H groups in total. The zero-order chi connectivity index (χ0) is 29.9. The van der Waals surface area contributed by atoms with Crippen LogP contribution in [-0.4, -0.2) is 49.4 Å². The number of piperidine rings is 1. The first-order valence-corrected chi connectivity index (χ1v) is 15.2. The monoisotopic (exact) mass is 589 g/mol. The van der Waals surface area contributed by atoms with Crippen LogP contribution in [0.2, 0.25) is 0 Å². The van der Waals surface area contributed by atoms with Gasteiger partial charge in [0.25, 0.3) is 0 Å². The summed E-state index contributed by atoms with van der Waals surface area (Å²) in [6.45, 7) is 7.60. The summed E-state index contributed by atoms with van der Waals surface area (Å²) in [5.74, 6) is 0.0671. The van der Waals surface area contributed by atoms with Crippen LogP contribution in [0, 0.1) is 6.92 Å². The lowest BCUT2D eigenvalue weighted by Crippen LogP contribution is -2.27. The maximum Gasteiger partial charge on any atom is 0.387 e. The van der Waals surface area contributed by atoms with Crippen molar-refractivity contribution in [1.82, 2.24) is 15.3 Å². The van der Waals surface area contributed by atoms with Crippen LogP contribution in [0.15, 0.2) is 41.3 Å². The number of sulfone groups is 1. The molecular formula is C29H37F2N5O4S. The van der Waals surface area contributed by atoms with Gasteiger partial charge in [0.1, 0.15) is 11.4 Å². The molecule has 1 aromatic heterocycles. The van der Waals surface area contributed by atoms with E-state index in [0.717, 1.165) is 31.5 Å². The van der Waals surface area contributed by atoms with Gasteiger partial charge in [-0.2, -0.15) is 13.8 Å². The second-order valence-electron chi connectivity index (χ2n) is 10.6. The van der Waals surface area contributed by atoms with E-state index in [0.29, 0.717) is 17.4 Å². The Morgan fingerprint density at radius 1 is 1.05 bits per heavy atom. The SMILES string of the molecule is Cc1cc(Nc2nc(N)c(OC(F)F)c(-c3ccccc3S(=O)(=O)C(C)C)n2)c(OC(C)C)cc1C1CCNCC1. The first-order valence-electron chi connectivity index (χ1n) is 13.6. The van der Waals surface area contributed by atoms with Crippen molar-refractivity contribution in [3.05, 3.63) is 47.5 Å². The third-order valence-electron chi connectivity index (χ3n) is 6.92. The summed E-state index contributed by atoms with van der Waals surface area (Å²) in [6.07, 6.45) is 1.90. The molecule has 3 aromatic rings. The summed E-state index contributed by atoms with van der Waals surface area (Å²) in [7, 11) is -3.82. The Morgan fingerprint density at radius 2 is 1.73 bits per heavy atom. The van der Waals surface area contributed by atoms with E-state index in [2.05, 4.69) is 20.6 Å². The number of halogens is 2. The minimum absolute atomic E-state index is 0.0292. The van der Waals surface area contributed by atoms with E-state index >= 15 is 0 Å². The number of rotatable bonds is 10. The average Bonchev–Trinajstić information content (AvgIpc) is 2.91. The lowest BCUT2D eigenvalue weighted by Gasteiger charge is -2.26. The Kier molecular flexibility index (Phi) is 9.33. The van der Waals surface area contributed by atoms with Crippen LogP contribution in [0.4, 0.5) is 26.2 Å². The highest BCUT2D eigenvalue weighted by Crippen LogP contribution is 2.41. The van der Waals surface area contributed by atoms with E-state index in [4.69, 9.17) is 15.2 Å². The minimum Gasteiger partial charge on any atom is -0.489 e. The number of benzene rings is 2. The molecule has 0 bridgehead atoms. The molecule has 1 aliphatic heterocycles. The van der Waals surface area contributed by atoms with Gasteiger partial charge in [-0.1, -0.05) is 18.2 Å². The first-order chi connectivity index (χ1) is 19.4. The normalized spacial score (nSPS) is 14.6. The molecule has 1 saturated heterocycles. The maximum absolute atomic E-state index is 13.4. The zero-order valence-corrected chi connectivity index (χ0v) is 24.7. The zero-order valence-electron chi connectivity index (χ0n) is 23.9. The lowest BCUT2D eigenvalue weighted by atomic mass is 9.87. The predicted molar refractivity (Wildman–Crippen MR) is 156 cm³/mol. The number of nitrogens with zero attached hydrogens (tertiary/aromatic N) is 2. The first kappa shape index (κ1) is 30.4. The fraction of sp³-hybridized carbons (Fsp3) is 0.448. The molecule has 1 aliphatic rings. The molecule has 0 radical (unpaired) electrons. The van der Waals surface area contributed by atoms with Gasteiger partial charge in [-0.3, -0.25) is 0 Å². The highest BCUT2D eigenvalue weighted by molar-refractivity contribution is 7.92. The second kappa shape index (κ2) is 12.6. The van der Waals surface area contributed by atoms with Crippen LogP contribution < -0.4 is 25.8 Å². The van der Waals surface area contributed by atoms with Crippen molar-refractivity contribution in [1.29, 1.82) is 0 Å². The van der Waals surface area contributed by atoms with Gasteiger partial charge in [-0.15, -0.1) is 0 Å². The number of nitrogens with two attached hydrogens (primary N) is 1. The Bertz CT molecular complexity index is 1490. The fourth-order valence-corrected chi connectivity index (χ4v) is 6.17. The summed E-state index contributed by atoms with van der Waals surface area (Å²) in [5, 5.41) is 5.75. The summed E-state index contributed by atoms with van der Waals surface area (Å²) in [4.78, 5) is 8.56. The summed E-state index contributed by atoms with van der Waals surface area (Å²) >= 11 is 0. The van der Waals surface area contributed by atoms with Crippen LogP contribution in [0.1, 0.15) is 57.6 Å². The van der Waals surface area contributed by atoms with Gasteiger partial charge in [0.15, 0.2) is 21.4 Å². The number of aryl methyl sites for hydroxylation is 1. The van der Waals surface area contributed by atoms with Gasteiger partial charge >= 0.3 is 6.61 Å². The fourth-order valence-electron chi connectivity index (χ4n) is 4.92. The number of anilines is 3. The number of nitrogens with one attached hydrogen (secondary N) is 2. The Labute approximate surface area is 239 Å². The van der Waals surface area contributed by atoms with Crippen LogP contribution >= 0.6 is 0 Å². The quantitative estimate of drug-likeness (QED) is 0.268. The molecule has 0 aliphatic carbocycles. The van der Waals surface area contributed by atoms with E-state index in [9.17, 15) is 17.2 Å². The van der Waals surface area contributed by atoms with Crippen molar-refractivity contribution < 1.29 is 26.7 Å². The van der Waals surface area contributed by atoms with E-state index in [-0.39, 0.29) is 34.0 Å². The van der Waals surface area contributed by atoms with Gasteiger partial charge in [0.2, 0.25) is 5.95 Å². The standard InChI is InChI=1S/C29H37F2N5O4S/c1-16(2)39-23-15-21(19-10-12-33-13-11-19)18(5)14-22(23)34-29-35-25(26(27(32)36-29)40-28(30)31)20-8-6-7-9-24(20)41(37,38)17(3)4/h6-9,14-17,19,28,33H,10-13H2,1-5H3,(H3,32,34,35,36). The minimum atomic E-state index is -3.82. The molecule has 0 unspecified atom stereocenters. The summed E-state index contributed by atoms with van der Waals surface area (Å²) < 4.78 is 64.0. The van der Waals surface area contributed by atoms with E-state index in [1.807, 2.05) is 32.9 Å². The molecule has 41 heavy (non-hydrogen) atoms. The van der Waals surface area contributed by atoms with Crippen molar-refractivity contribution in [3.8, 4) is 22.8 Å². The number of hydrogen-bond acceptors (Lipinski definition) is 9. The number of alkyl halides is 2. The van der Waals surface area contributed by atoms with Gasteiger partial charge in [-0.05, 0) is 95.8 Å². The highest BCUT2D eigenvalue weighted by Gasteiger charge is 2.28. The molecule has 0 saturated carbocycles. The van der Waals surface area contributed by atoms with E-state index < -0.39 is 27.4 Å². The molecule has 0 atom stereocenters. The third-order valence-corrected chi connectivity index (χ3v) is 9.13. The summed E-state index contributed by atoms with van der Waals surface area (Å²) in [5.41, 5.74) is 8.82. The Morgan fingerprint density at radius 3 is 2.37 bits per heavy atom. The maximum atomic E-state index is 13.4. The second-order valence-corrected chi connectivity index (χ2v) is 13.1. The smallest absolute Gasteiger partial charge is 0.387 e. The molecular weight excluding hydrogens is 552 g/mol. The van der Waals surface area contributed by atoms with Gasteiger partial charge in [0.05, 0.1) is 21.9 Å². The third kappa shape index (κ3) is 6.87. The lowest BCUT2D eigenvalue weighted by molar-refractivity contribution is -0.0493. The van der Waals surface area contributed by atoms with Crippen molar-refractivity contribution >= 4 is 27.3 Å². The Balaban J connectivity index is 1.85. The van der Waals surface area contributed by atoms with E-state index in [1.54, 1.807) is 12.1 Å². The van der Waals surface area contributed by atoms with Crippen LogP contribution in [0.25, 0.3) is 11.3 Å². The van der Waals surface area contributed by atoms with Gasteiger partial charge < -0.3 is 25.8 Å². The molecule has 222 valence electrons. The number of hydrogen-bond donors (Lipinski definition) is 3. The predicted octanol–water partition coefficient (Wildman–Crippen LogP) is 5.82. The number of nitrogen functional groups attached to an aromatic ring is 1. The highest BCUT2D eigenvalue weighted by atomic mass is 32.2. The topological polar surface area (TPSA) is 128 Å². The van der Waals surface area contributed by atoms with Crippen LogP contribution in [0.5, 0.6) is 11.5 Å². The van der Waals surface area contributed by atoms with Crippen LogP contribution in [0.3, 0.4) is 0 Å². The molecule has 12 heteroatoms. The molecule has 9 nitrogen and oxygen atoms in total.